The number of phenols is 1. The van der Waals surface area contributed by atoms with Crippen molar-refractivity contribution in [3.8, 4) is 11.5 Å². The lowest BCUT2D eigenvalue weighted by Gasteiger charge is -2.08. The molecule has 2 aromatic rings. The number of nitrogens with zero attached hydrogens (tertiary/aromatic N) is 1. The number of halogens is 2. The molecular weight excluding hydrogens is 339 g/mol. The summed E-state index contributed by atoms with van der Waals surface area (Å²) >= 11 is 11.9. The van der Waals surface area contributed by atoms with Crippen molar-refractivity contribution in [2.75, 3.05) is 6.61 Å². The summed E-state index contributed by atoms with van der Waals surface area (Å²) in [5, 5.41) is 14.1. The molecule has 0 saturated heterocycles. The van der Waals surface area contributed by atoms with Crippen LogP contribution in [0.5, 0.6) is 11.5 Å². The van der Waals surface area contributed by atoms with Gasteiger partial charge in [0.2, 0.25) is 0 Å². The van der Waals surface area contributed by atoms with Crippen molar-refractivity contribution < 1.29 is 14.6 Å². The second-order valence-corrected chi connectivity index (χ2v) is 5.28. The summed E-state index contributed by atoms with van der Waals surface area (Å²) in [4.78, 5) is 11.9. The van der Waals surface area contributed by atoms with Gasteiger partial charge < -0.3 is 9.84 Å². The molecule has 0 heterocycles. The lowest BCUT2D eigenvalue weighted by atomic mass is 10.2. The Morgan fingerprint density at radius 2 is 2.04 bits per heavy atom. The van der Waals surface area contributed by atoms with E-state index in [4.69, 9.17) is 27.9 Å². The third-order valence-electron chi connectivity index (χ3n) is 2.85. The number of hydrogen-bond acceptors (Lipinski definition) is 4. The van der Waals surface area contributed by atoms with Crippen LogP contribution in [0.4, 0.5) is 0 Å². The molecule has 23 heavy (non-hydrogen) atoms. The van der Waals surface area contributed by atoms with Crippen molar-refractivity contribution in [2.45, 2.75) is 6.92 Å². The molecule has 0 fully saturated rings. The van der Waals surface area contributed by atoms with Crippen LogP contribution in [0.1, 0.15) is 22.8 Å². The summed E-state index contributed by atoms with van der Waals surface area (Å²) < 4.78 is 5.27. The molecule has 0 atom stereocenters. The van der Waals surface area contributed by atoms with Crippen LogP contribution < -0.4 is 10.2 Å². The maximum atomic E-state index is 11.9. The minimum absolute atomic E-state index is 0.134. The third kappa shape index (κ3) is 4.37. The van der Waals surface area contributed by atoms with E-state index in [0.29, 0.717) is 22.8 Å². The van der Waals surface area contributed by atoms with Crippen molar-refractivity contribution in [3.63, 3.8) is 0 Å². The third-order valence-corrected chi connectivity index (χ3v) is 3.47. The first-order chi connectivity index (χ1) is 11.0. The van der Waals surface area contributed by atoms with Crippen LogP contribution in [-0.2, 0) is 0 Å². The molecule has 0 aliphatic rings. The Kier molecular flexibility index (Phi) is 5.84. The van der Waals surface area contributed by atoms with Gasteiger partial charge in [-0.15, -0.1) is 0 Å². The van der Waals surface area contributed by atoms with Crippen LogP contribution >= 0.6 is 23.2 Å². The first-order valence-electron chi connectivity index (χ1n) is 6.76. The lowest BCUT2D eigenvalue weighted by Crippen LogP contribution is -2.17. The van der Waals surface area contributed by atoms with Crippen LogP contribution in [0.2, 0.25) is 10.0 Å². The van der Waals surface area contributed by atoms with Crippen LogP contribution in [-0.4, -0.2) is 23.8 Å². The summed E-state index contributed by atoms with van der Waals surface area (Å²) in [5.74, 6) is -0.314. The maximum Gasteiger partial charge on any atom is 0.272 e. The maximum absolute atomic E-state index is 11.9. The molecule has 0 aromatic heterocycles. The van der Waals surface area contributed by atoms with Crippen molar-refractivity contribution in [2.24, 2.45) is 5.10 Å². The monoisotopic (exact) mass is 352 g/mol. The molecule has 2 N–H and O–H groups in total. The summed E-state index contributed by atoms with van der Waals surface area (Å²) in [6.07, 6.45) is 1.39. The molecule has 0 radical (unpaired) electrons. The molecule has 0 aliphatic carbocycles. The van der Waals surface area contributed by atoms with Crippen molar-refractivity contribution >= 4 is 35.3 Å². The highest BCUT2D eigenvalue weighted by Crippen LogP contribution is 2.34. The van der Waals surface area contributed by atoms with Gasteiger partial charge in [0.25, 0.3) is 5.91 Å². The van der Waals surface area contributed by atoms with E-state index in [2.05, 4.69) is 10.5 Å². The van der Waals surface area contributed by atoms with Gasteiger partial charge in [-0.3, -0.25) is 4.79 Å². The number of carbonyl (C=O) groups is 1. The Bertz CT molecular complexity index is 748. The molecule has 5 nitrogen and oxygen atoms in total. The largest absolute Gasteiger partial charge is 0.503 e. The van der Waals surface area contributed by atoms with Crippen LogP contribution in [0.25, 0.3) is 0 Å². The number of nitrogens with one attached hydrogen (secondary N) is 1. The molecule has 0 saturated carbocycles. The summed E-state index contributed by atoms with van der Waals surface area (Å²) in [6, 6.07) is 9.72. The van der Waals surface area contributed by atoms with E-state index in [-0.39, 0.29) is 16.5 Å². The topological polar surface area (TPSA) is 70.9 Å². The van der Waals surface area contributed by atoms with Gasteiger partial charge in [-0.25, -0.2) is 5.43 Å². The number of rotatable bonds is 5. The van der Waals surface area contributed by atoms with E-state index in [1.807, 2.05) is 0 Å². The Balaban J connectivity index is 2.12. The van der Waals surface area contributed by atoms with E-state index in [1.165, 1.54) is 12.3 Å². The lowest BCUT2D eigenvalue weighted by molar-refractivity contribution is 0.0955. The van der Waals surface area contributed by atoms with E-state index < -0.39 is 5.91 Å². The average molecular weight is 353 g/mol. The summed E-state index contributed by atoms with van der Waals surface area (Å²) in [7, 11) is 0. The molecule has 0 spiro atoms. The smallest absolute Gasteiger partial charge is 0.272 e. The zero-order chi connectivity index (χ0) is 16.8. The van der Waals surface area contributed by atoms with Gasteiger partial charge in [-0.05, 0) is 36.8 Å². The van der Waals surface area contributed by atoms with Crippen molar-refractivity contribution in [1.82, 2.24) is 5.43 Å². The molecule has 0 bridgehead atoms. The van der Waals surface area contributed by atoms with E-state index >= 15 is 0 Å². The predicted octanol–water partition coefficient (Wildman–Crippen LogP) is 3.86. The normalized spacial score (nSPS) is 10.7. The number of carbonyl (C=O) groups excluding carboxylic acids is 1. The molecule has 120 valence electrons. The highest BCUT2D eigenvalue weighted by molar-refractivity contribution is 6.34. The van der Waals surface area contributed by atoms with Gasteiger partial charge in [0.05, 0.1) is 28.4 Å². The minimum Gasteiger partial charge on any atom is -0.503 e. The second kappa shape index (κ2) is 7.85. The minimum atomic E-state index is -0.429. The standard InChI is InChI=1S/C16H14Cl2N2O3/c1-2-23-14-8-10(7-13(18)15(14)21)9-19-20-16(22)11-5-3-4-6-12(11)17/h3-9,21H,2H2,1H3,(H,20,22)/b19-9-. The van der Waals surface area contributed by atoms with E-state index in [0.717, 1.165) is 0 Å². The van der Waals surface area contributed by atoms with Crippen LogP contribution in [0.3, 0.4) is 0 Å². The fourth-order valence-electron chi connectivity index (χ4n) is 1.80. The SMILES string of the molecule is CCOc1cc(/C=N\NC(=O)c2ccccc2Cl)cc(Cl)c1O. The van der Waals surface area contributed by atoms with Gasteiger partial charge in [0, 0.05) is 0 Å². The molecule has 2 rings (SSSR count). The first kappa shape index (κ1) is 17.1. The van der Waals surface area contributed by atoms with E-state index in [9.17, 15) is 9.90 Å². The number of amides is 1. The van der Waals surface area contributed by atoms with Crippen LogP contribution in [0.15, 0.2) is 41.5 Å². The molecule has 0 unspecified atom stereocenters. The molecule has 0 aliphatic heterocycles. The van der Waals surface area contributed by atoms with Crippen LogP contribution in [0, 0.1) is 0 Å². The number of benzene rings is 2. The number of phenolic OH excluding ortho intramolecular Hbond substituents is 1. The zero-order valence-corrected chi connectivity index (χ0v) is 13.7. The van der Waals surface area contributed by atoms with Gasteiger partial charge in [-0.2, -0.15) is 5.10 Å². The Labute approximate surface area is 143 Å². The molecule has 2 aromatic carbocycles. The van der Waals surface area contributed by atoms with E-state index in [1.54, 1.807) is 37.3 Å². The fourth-order valence-corrected chi connectivity index (χ4v) is 2.25. The summed E-state index contributed by atoms with van der Waals surface area (Å²) in [5.41, 5.74) is 3.26. The average Bonchev–Trinajstić information content (AvgIpc) is 2.52. The quantitative estimate of drug-likeness (QED) is 0.633. The Morgan fingerprint density at radius 3 is 2.74 bits per heavy atom. The first-order valence-corrected chi connectivity index (χ1v) is 7.51. The predicted molar refractivity (Wildman–Crippen MR) is 90.8 cm³/mol. The van der Waals surface area contributed by atoms with Crippen molar-refractivity contribution in [3.05, 3.63) is 57.6 Å². The van der Waals surface area contributed by atoms with Gasteiger partial charge >= 0.3 is 0 Å². The zero-order valence-electron chi connectivity index (χ0n) is 12.2. The summed E-state index contributed by atoms with van der Waals surface area (Å²) in [6.45, 7) is 2.17. The highest BCUT2D eigenvalue weighted by atomic mass is 35.5. The number of aromatic hydroxyl groups is 1. The molecular formula is C16H14Cl2N2O3. The Morgan fingerprint density at radius 1 is 1.30 bits per heavy atom. The van der Waals surface area contributed by atoms with Gasteiger partial charge in [0.15, 0.2) is 11.5 Å². The highest BCUT2D eigenvalue weighted by Gasteiger charge is 2.10. The Hall–Kier alpha value is -2.24. The number of hydrogen-bond donors (Lipinski definition) is 2. The molecule has 7 heteroatoms. The number of hydrazone groups is 1. The van der Waals surface area contributed by atoms with Crippen molar-refractivity contribution in [1.29, 1.82) is 0 Å². The fraction of sp³-hybridized carbons (Fsp3) is 0.125. The number of ether oxygens (including phenoxy) is 1. The van der Waals surface area contributed by atoms with Gasteiger partial charge in [-0.1, -0.05) is 35.3 Å². The second-order valence-electron chi connectivity index (χ2n) is 4.46. The van der Waals surface area contributed by atoms with Gasteiger partial charge in [0.1, 0.15) is 0 Å². The molecule has 1 amide bonds.